The highest BCUT2D eigenvalue weighted by molar-refractivity contribution is 5.81. The molecule has 2 atom stereocenters. The first kappa shape index (κ1) is 16.4. The number of rotatable bonds is 6. The molecule has 4 heteroatoms. The highest BCUT2D eigenvalue weighted by atomic mass is 16.5. The van der Waals surface area contributed by atoms with Crippen molar-refractivity contribution in [3.05, 3.63) is 0 Å². The average molecular weight is 270 g/mol. The van der Waals surface area contributed by atoms with Gasteiger partial charge < -0.3 is 15.0 Å². The molecule has 0 aromatic rings. The molecule has 0 saturated heterocycles. The van der Waals surface area contributed by atoms with Crippen LogP contribution in [0.5, 0.6) is 0 Å². The topological polar surface area (TPSA) is 41.6 Å². The second-order valence-corrected chi connectivity index (χ2v) is 6.24. The standard InChI is InChI=1S/C15H30N2O2/c1-12(2)8-10-17(4)13-7-6-9-15(11-13,16-3)14(18)19-5/h12-13,16H,6-11H2,1-5H3. The number of carbonyl (C=O) groups is 1. The maximum atomic E-state index is 12.1. The summed E-state index contributed by atoms with van der Waals surface area (Å²) in [6, 6.07) is 0.471. The molecule has 0 spiro atoms. The van der Waals surface area contributed by atoms with Crippen LogP contribution in [0.25, 0.3) is 0 Å². The van der Waals surface area contributed by atoms with Gasteiger partial charge >= 0.3 is 5.97 Å². The predicted molar refractivity (Wildman–Crippen MR) is 78.1 cm³/mol. The molecule has 112 valence electrons. The van der Waals surface area contributed by atoms with E-state index in [1.54, 1.807) is 0 Å². The lowest BCUT2D eigenvalue weighted by Crippen LogP contribution is -2.57. The summed E-state index contributed by atoms with van der Waals surface area (Å²) in [5, 5.41) is 3.22. The quantitative estimate of drug-likeness (QED) is 0.750. The van der Waals surface area contributed by atoms with Gasteiger partial charge in [0.2, 0.25) is 0 Å². The lowest BCUT2D eigenvalue weighted by molar-refractivity contribution is -0.150. The number of likely N-dealkylation sites (N-methyl/N-ethyl adjacent to an activating group) is 1. The Morgan fingerprint density at radius 3 is 2.74 bits per heavy atom. The Morgan fingerprint density at radius 2 is 2.21 bits per heavy atom. The Labute approximate surface area is 117 Å². The third kappa shape index (κ3) is 4.18. The average Bonchev–Trinajstić information content (AvgIpc) is 2.43. The van der Waals surface area contributed by atoms with Crippen LogP contribution in [0.1, 0.15) is 46.0 Å². The van der Waals surface area contributed by atoms with Crippen LogP contribution in [0.15, 0.2) is 0 Å². The van der Waals surface area contributed by atoms with Gasteiger partial charge in [-0.2, -0.15) is 0 Å². The SMILES string of the molecule is CNC1(C(=O)OC)CCCC(N(C)CCC(C)C)C1. The second kappa shape index (κ2) is 7.25. The van der Waals surface area contributed by atoms with Gasteiger partial charge in [-0.3, -0.25) is 4.79 Å². The first-order valence-corrected chi connectivity index (χ1v) is 7.42. The normalized spacial score (nSPS) is 27.8. The van der Waals surface area contributed by atoms with Crippen LogP contribution in [0.3, 0.4) is 0 Å². The number of hydrogen-bond acceptors (Lipinski definition) is 4. The summed E-state index contributed by atoms with van der Waals surface area (Å²) in [6.45, 7) is 5.60. The lowest BCUT2D eigenvalue weighted by atomic mass is 9.78. The summed E-state index contributed by atoms with van der Waals surface area (Å²) in [5.74, 6) is 0.609. The number of nitrogens with zero attached hydrogens (tertiary/aromatic N) is 1. The van der Waals surface area contributed by atoms with E-state index in [9.17, 15) is 4.79 Å². The second-order valence-electron chi connectivity index (χ2n) is 6.24. The maximum absolute atomic E-state index is 12.1. The van der Waals surface area contributed by atoms with E-state index in [-0.39, 0.29) is 5.97 Å². The fourth-order valence-electron chi connectivity index (χ4n) is 2.98. The first-order chi connectivity index (χ1) is 8.95. The maximum Gasteiger partial charge on any atom is 0.326 e. The van der Waals surface area contributed by atoms with Crippen molar-refractivity contribution in [1.29, 1.82) is 0 Å². The molecule has 0 radical (unpaired) electrons. The van der Waals surface area contributed by atoms with Crippen LogP contribution in [-0.4, -0.2) is 50.2 Å². The third-order valence-electron chi connectivity index (χ3n) is 4.46. The zero-order valence-electron chi connectivity index (χ0n) is 13.2. The minimum absolute atomic E-state index is 0.114. The highest BCUT2D eigenvalue weighted by Gasteiger charge is 2.43. The molecule has 1 fully saturated rings. The van der Waals surface area contributed by atoms with Crippen LogP contribution in [0.2, 0.25) is 0 Å². The summed E-state index contributed by atoms with van der Waals surface area (Å²) < 4.78 is 4.99. The van der Waals surface area contributed by atoms with Gasteiger partial charge in [0.25, 0.3) is 0 Å². The van der Waals surface area contributed by atoms with E-state index in [1.807, 2.05) is 7.05 Å². The minimum atomic E-state index is -0.482. The molecule has 0 aromatic carbocycles. The molecule has 0 amide bonds. The number of carbonyl (C=O) groups excluding carboxylic acids is 1. The van der Waals surface area contributed by atoms with Crippen molar-refractivity contribution in [1.82, 2.24) is 10.2 Å². The van der Waals surface area contributed by atoms with E-state index < -0.39 is 5.54 Å². The van der Waals surface area contributed by atoms with Crippen LogP contribution < -0.4 is 5.32 Å². The Kier molecular flexibility index (Phi) is 6.27. The van der Waals surface area contributed by atoms with Crippen LogP contribution in [0, 0.1) is 5.92 Å². The molecule has 19 heavy (non-hydrogen) atoms. The summed E-state index contributed by atoms with van der Waals surface area (Å²) >= 11 is 0. The van der Waals surface area contributed by atoms with Crippen molar-refractivity contribution < 1.29 is 9.53 Å². The molecule has 4 nitrogen and oxygen atoms in total. The van der Waals surface area contributed by atoms with E-state index in [2.05, 4.69) is 31.1 Å². The van der Waals surface area contributed by atoms with Crippen LogP contribution >= 0.6 is 0 Å². The molecular formula is C15H30N2O2. The van der Waals surface area contributed by atoms with Gasteiger partial charge in [0.1, 0.15) is 5.54 Å². The highest BCUT2D eigenvalue weighted by Crippen LogP contribution is 2.31. The molecule has 0 aliphatic heterocycles. The smallest absolute Gasteiger partial charge is 0.326 e. The van der Waals surface area contributed by atoms with Crippen molar-refractivity contribution in [2.75, 3.05) is 27.7 Å². The zero-order chi connectivity index (χ0) is 14.5. The first-order valence-electron chi connectivity index (χ1n) is 7.42. The monoisotopic (exact) mass is 270 g/mol. The van der Waals surface area contributed by atoms with Crippen LogP contribution in [0.4, 0.5) is 0 Å². The van der Waals surface area contributed by atoms with Gasteiger partial charge in [-0.05, 0) is 58.7 Å². The van der Waals surface area contributed by atoms with Gasteiger partial charge in [0.15, 0.2) is 0 Å². The Morgan fingerprint density at radius 1 is 1.53 bits per heavy atom. The van der Waals surface area contributed by atoms with Gasteiger partial charge in [0.05, 0.1) is 7.11 Å². The van der Waals surface area contributed by atoms with Gasteiger partial charge in [-0.15, -0.1) is 0 Å². The number of hydrogen-bond donors (Lipinski definition) is 1. The molecule has 1 rings (SSSR count). The molecule has 1 N–H and O–H groups in total. The van der Waals surface area contributed by atoms with Crippen molar-refractivity contribution in [2.45, 2.75) is 57.5 Å². The summed E-state index contributed by atoms with van der Waals surface area (Å²) in [7, 11) is 5.52. The summed E-state index contributed by atoms with van der Waals surface area (Å²) in [6.07, 6.45) is 5.19. The fourth-order valence-corrected chi connectivity index (χ4v) is 2.98. The Bertz CT molecular complexity index is 294. The number of esters is 1. The fraction of sp³-hybridized carbons (Fsp3) is 0.933. The number of nitrogens with one attached hydrogen (secondary N) is 1. The van der Waals surface area contributed by atoms with Gasteiger partial charge in [0, 0.05) is 6.04 Å². The van der Waals surface area contributed by atoms with Crippen LogP contribution in [-0.2, 0) is 9.53 Å². The Hall–Kier alpha value is -0.610. The van der Waals surface area contributed by atoms with Crippen molar-refractivity contribution in [2.24, 2.45) is 5.92 Å². The molecule has 0 heterocycles. The predicted octanol–water partition coefficient (Wildman–Crippen LogP) is 2.04. The molecular weight excluding hydrogens is 240 g/mol. The van der Waals surface area contributed by atoms with E-state index in [0.29, 0.717) is 6.04 Å². The van der Waals surface area contributed by atoms with E-state index >= 15 is 0 Å². The number of ether oxygens (including phenoxy) is 1. The van der Waals surface area contributed by atoms with E-state index in [1.165, 1.54) is 20.0 Å². The minimum Gasteiger partial charge on any atom is -0.468 e. The molecule has 1 aliphatic carbocycles. The molecule has 0 bridgehead atoms. The Balaban J connectivity index is 2.64. The van der Waals surface area contributed by atoms with E-state index in [4.69, 9.17) is 4.74 Å². The zero-order valence-corrected chi connectivity index (χ0v) is 13.2. The van der Waals surface area contributed by atoms with E-state index in [0.717, 1.165) is 31.7 Å². The largest absolute Gasteiger partial charge is 0.468 e. The van der Waals surface area contributed by atoms with Crippen molar-refractivity contribution >= 4 is 5.97 Å². The number of methoxy groups -OCH3 is 1. The lowest BCUT2D eigenvalue weighted by Gasteiger charge is -2.42. The molecule has 1 saturated carbocycles. The molecule has 1 aliphatic rings. The van der Waals surface area contributed by atoms with Gasteiger partial charge in [-0.25, -0.2) is 0 Å². The van der Waals surface area contributed by atoms with Gasteiger partial charge in [-0.1, -0.05) is 13.8 Å². The van der Waals surface area contributed by atoms with Crippen molar-refractivity contribution in [3.8, 4) is 0 Å². The summed E-state index contributed by atoms with van der Waals surface area (Å²) in [5.41, 5.74) is -0.482. The summed E-state index contributed by atoms with van der Waals surface area (Å²) in [4.78, 5) is 14.5. The molecule has 2 unspecified atom stereocenters. The van der Waals surface area contributed by atoms with Crippen molar-refractivity contribution in [3.63, 3.8) is 0 Å². The third-order valence-corrected chi connectivity index (χ3v) is 4.46. The molecule has 0 aromatic heterocycles.